The Labute approximate surface area is 115 Å². The maximum atomic E-state index is 12.9. The zero-order chi connectivity index (χ0) is 14.2. The molecule has 0 radical (unpaired) electrons. The van der Waals surface area contributed by atoms with Crippen LogP contribution in [0.1, 0.15) is 24.1 Å². The van der Waals surface area contributed by atoms with Crippen molar-refractivity contribution in [2.24, 2.45) is 5.92 Å². The standard InChI is InChI=1S/C13H19F3N4/c14-13(15,16)9-2-3-11-10(8-9)12(19-18-11)20-6-1-4-17-5-7-20/h9,17H,1-8H2,(H,18,19). The van der Waals surface area contributed by atoms with Crippen LogP contribution in [0.2, 0.25) is 0 Å². The van der Waals surface area contributed by atoms with Crippen molar-refractivity contribution in [3.63, 3.8) is 0 Å². The second-order valence-corrected chi connectivity index (χ2v) is 5.58. The topological polar surface area (TPSA) is 44.0 Å². The van der Waals surface area contributed by atoms with Crippen molar-refractivity contribution in [3.05, 3.63) is 11.3 Å². The maximum absolute atomic E-state index is 12.9. The Morgan fingerprint density at radius 2 is 2.05 bits per heavy atom. The van der Waals surface area contributed by atoms with Gasteiger partial charge >= 0.3 is 6.18 Å². The molecule has 1 aromatic heterocycles. The van der Waals surface area contributed by atoms with Crippen molar-refractivity contribution in [2.45, 2.75) is 31.9 Å². The summed E-state index contributed by atoms with van der Waals surface area (Å²) in [4.78, 5) is 2.11. The van der Waals surface area contributed by atoms with Gasteiger partial charge < -0.3 is 10.2 Å². The van der Waals surface area contributed by atoms with E-state index in [4.69, 9.17) is 0 Å². The number of hydrogen-bond donors (Lipinski definition) is 2. The van der Waals surface area contributed by atoms with Crippen LogP contribution >= 0.6 is 0 Å². The summed E-state index contributed by atoms with van der Waals surface area (Å²) in [5, 5.41) is 10.5. The molecule has 0 bridgehead atoms. The first-order valence-electron chi connectivity index (χ1n) is 7.14. The van der Waals surface area contributed by atoms with Crippen LogP contribution in [0.4, 0.5) is 19.0 Å². The summed E-state index contributed by atoms with van der Waals surface area (Å²) in [6, 6.07) is 0. The van der Waals surface area contributed by atoms with Gasteiger partial charge in [0.1, 0.15) is 0 Å². The molecular weight excluding hydrogens is 269 g/mol. The van der Waals surface area contributed by atoms with E-state index in [0.29, 0.717) is 6.42 Å². The number of rotatable bonds is 1. The molecule has 1 atom stereocenters. The van der Waals surface area contributed by atoms with Gasteiger partial charge in [0.25, 0.3) is 0 Å². The van der Waals surface area contributed by atoms with Crippen molar-refractivity contribution in [2.75, 3.05) is 31.1 Å². The van der Waals surface area contributed by atoms with Crippen LogP contribution in [0.3, 0.4) is 0 Å². The van der Waals surface area contributed by atoms with E-state index in [-0.39, 0.29) is 12.8 Å². The van der Waals surface area contributed by atoms with Crippen LogP contribution < -0.4 is 10.2 Å². The number of aryl methyl sites for hydroxylation is 1. The third-order valence-electron chi connectivity index (χ3n) is 4.23. The summed E-state index contributed by atoms with van der Waals surface area (Å²) in [6.07, 6.45) is -2.44. The fraction of sp³-hybridized carbons (Fsp3) is 0.769. The normalized spacial score (nSPS) is 24.4. The van der Waals surface area contributed by atoms with Gasteiger partial charge in [0.2, 0.25) is 0 Å². The maximum Gasteiger partial charge on any atom is 0.392 e. The lowest BCUT2D eigenvalue weighted by molar-refractivity contribution is -0.177. The van der Waals surface area contributed by atoms with E-state index >= 15 is 0 Å². The molecular formula is C13H19F3N4. The van der Waals surface area contributed by atoms with Gasteiger partial charge in [-0.25, -0.2) is 0 Å². The summed E-state index contributed by atoms with van der Waals surface area (Å²) in [5.41, 5.74) is 1.66. The van der Waals surface area contributed by atoms with Gasteiger partial charge in [-0.2, -0.15) is 18.3 Å². The minimum atomic E-state index is -4.10. The summed E-state index contributed by atoms with van der Waals surface area (Å²) >= 11 is 0. The first kappa shape index (κ1) is 13.7. The van der Waals surface area contributed by atoms with Gasteiger partial charge in [0, 0.05) is 30.9 Å². The monoisotopic (exact) mass is 288 g/mol. The Morgan fingerprint density at radius 3 is 2.85 bits per heavy atom. The van der Waals surface area contributed by atoms with Crippen LogP contribution in [-0.4, -0.2) is 42.6 Å². The van der Waals surface area contributed by atoms with E-state index in [0.717, 1.165) is 49.7 Å². The van der Waals surface area contributed by atoms with Crippen LogP contribution in [0.15, 0.2) is 0 Å². The average Bonchev–Trinajstić information content (AvgIpc) is 2.64. The second-order valence-electron chi connectivity index (χ2n) is 5.58. The van der Waals surface area contributed by atoms with Gasteiger partial charge in [0.05, 0.1) is 5.92 Å². The van der Waals surface area contributed by atoms with Gasteiger partial charge in [0.15, 0.2) is 5.82 Å². The first-order chi connectivity index (χ1) is 9.55. The Bertz CT molecular complexity index is 461. The summed E-state index contributed by atoms with van der Waals surface area (Å²) in [7, 11) is 0. The molecule has 4 nitrogen and oxygen atoms in total. The molecule has 3 rings (SSSR count). The summed E-state index contributed by atoms with van der Waals surface area (Å²) < 4.78 is 38.8. The number of hydrogen-bond acceptors (Lipinski definition) is 3. The molecule has 1 unspecified atom stereocenters. The molecule has 2 heterocycles. The van der Waals surface area contributed by atoms with Gasteiger partial charge in [-0.15, -0.1) is 0 Å². The minimum absolute atomic E-state index is 0.0641. The highest BCUT2D eigenvalue weighted by Gasteiger charge is 2.42. The Balaban J connectivity index is 1.83. The fourth-order valence-electron chi connectivity index (χ4n) is 3.08. The average molecular weight is 288 g/mol. The van der Waals surface area contributed by atoms with Crippen molar-refractivity contribution in [1.82, 2.24) is 15.5 Å². The van der Waals surface area contributed by atoms with Crippen molar-refractivity contribution in [3.8, 4) is 0 Å². The number of nitrogens with one attached hydrogen (secondary N) is 2. The Kier molecular flexibility index (Phi) is 3.62. The highest BCUT2D eigenvalue weighted by molar-refractivity contribution is 5.50. The highest BCUT2D eigenvalue weighted by atomic mass is 19.4. The van der Waals surface area contributed by atoms with Crippen molar-refractivity contribution in [1.29, 1.82) is 0 Å². The molecule has 20 heavy (non-hydrogen) atoms. The molecule has 1 aromatic rings. The van der Waals surface area contributed by atoms with Crippen LogP contribution in [-0.2, 0) is 12.8 Å². The van der Waals surface area contributed by atoms with Gasteiger partial charge in [-0.1, -0.05) is 0 Å². The third kappa shape index (κ3) is 2.63. The molecule has 0 spiro atoms. The lowest BCUT2D eigenvalue weighted by atomic mass is 9.86. The highest BCUT2D eigenvalue weighted by Crippen LogP contribution is 2.39. The molecule has 7 heteroatoms. The lowest BCUT2D eigenvalue weighted by Gasteiger charge is -2.27. The SMILES string of the molecule is FC(F)(F)C1CCc2[nH]nc(N3CCCNCC3)c2C1. The van der Waals surface area contributed by atoms with Crippen molar-refractivity contribution >= 4 is 5.82 Å². The summed E-state index contributed by atoms with van der Waals surface area (Å²) in [6.45, 7) is 3.45. The molecule has 2 N–H and O–H groups in total. The third-order valence-corrected chi connectivity index (χ3v) is 4.23. The zero-order valence-corrected chi connectivity index (χ0v) is 11.3. The summed E-state index contributed by atoms with van der Waals surface area (Å²) in [5.74, 6) is -0.492. The molecule has 112 valence electrons. The van der Waals surface area contributed by atoms with Crippen molar-refractivity contribution < 1.29 is 13.2 Å². The van der Waals surface area contributed by atoms with E-state index in [1.54, 1.807) is 0 Å². The number of aromatic amines is 1. The Morgan fingerprint density at radius 1 is 1.20 bits per heavy atom. The smallest absolute Gasteiger partial charge is 0.354 e. The van der Waals surface area contributed by atoms with Gasteiger partial charge in [-0.05, 0) is 32.2 Å². The predicted octanol–water partition coefficient (Wildman–Crippen LogP) is 1.88. The molecule has 1 fully saturated rings. The molecule has 1 saturated heterocycles. The molecule has 0 saturated carbocycles. The number of nitrogens with zero attached hydrogens (tertiary/aromatic N) is 2. The first-order valence-corrected chi connectivity index (χ1v) is 7.14. The van der Waals surface area contributed by atoms with E-state index in [1.807, 2.05) is 0 Å². The lowest BCUT2D eigenvalue weighted by Crippen LogP contribution is -2.32. The molecule has 0 amide bonds. The van der Waals surface area contributed by atoms with Gasteiger partial charge in [-0.3, -0.25) is 5.10 Å². The molecule has 1 aliphatic carbocycles. The number of halogens is 3. The number of H-pyrrole nitrogens is 1. The van der Waals surface area contributed by atoms with Crippen LogP contribution in [0.5, 0.6) is 0 Å². The molecule has 1 aliphatic heterocycles. The molecule has 0 aromatic carbocycles. The fourth-order valence-corrected chi connectivity index (χ4v) is 3.08. The minimum Gasteiger partial charge on any atom is -0.354 e. The Hall–Kier alpha value is -1.24. The number of aromatic nitrogens is 2. The quantitative estimate of drug-likeness (QED) is 0.829. The second kappa shape index (κ2) is 5.27. The van der Waals surface area contributed by atoms with Crippen LogP contribution in [0, 0.1) is 5.92 Å². The number of anilines is 1. The van der Waals surface area contributed by atoms with E-state index in [1.165, 1.54) is 0 Å². The number of alkyl halides is 3. The van der Waals surface area contributed by atoms with E-state index < -0.39 is 12.1 Å². The zero-order valence-electron chi connectivity index (χ0n) is 11.3. The largest absolute Gasteiger partial charge is 0.392 e. The predicted molar refractivity (Wildman–Crippen MR) is 69.9 cm³/mol. The van der Waals surface area contributed by atoms with E-state index in [2.05, 4.69) is 20.4 Å². The van der Waals surface area contributed by atoms with Crippen LogP contribution in [0.25, 0.3) is 0 Å². The van der Waals surface area contributed by atoms with E-state index in [9.17, 15) is 13.2 Å². The number of fused-ring (bicyclic) bond motifs is 1. The molecule has 2 aliphatic rings.